The summed E-state index contributed by atoms with van der Waals surface area (Å²) in [5, 5.41) is 60.5. The highest BCUT2D eigenvalue weighted by molar-refractivity contribution is 5.84. The Morgan fingerprint density at radius 2 is 0.531 bits per heavy atom. The first kappa shape index (κ1) is 121. The molecule has 10 unspecified atom stereocenters. The van der Waals surface area contributed by atoms with E-state index in [-0.39, 0.29) is 111 Å². The molecule has 0 heterocycles. The number of hydrogen-bond acceptors (Lipinski definition) is 30. The van der Waals surface area contributed by atoms with Crippen LogP contribution in [0.1, 0.15) is 303 Å². The van der Waals surface area contributed by atoms with Crippen LogP contribution < -0.4 is 0 Å². The summed E-state index contributed by atoms with van der Waals surface area (Å²) in [5.41, 5.74) is -13.0. The van der Waals surface area contributed by atoms with E-state index in [1.807, 2.05) is 6.92 Å². The van der Waals surface area contributed by atoms with Gasteiger partial charge in [-0.25, -0.2) is 56.7 Å². The largest absolute Gasteiger partial charge is 0.463 e. The molecule has 21 rings (SSSR count). The molecule has 6 N–H and O–H groups in total. The van der Waals surface area contributed by atoms with Crippen LogP contribution in [0.5, 0.6) is 0 Å². The van der Waals surface area contributed by atoms with Gasteiger partial charge in [0, 0.05) is 67.2 Å². The van der Waals surface area contributed by atoms with E-state index in [0.717, 1.165) is 201 Å². The van der Waals surface area contributed by atoms with Crippen molar-refractivity contribution in [1.29, 1.82) is 0 Å². The zero-order valence-electron chi connectivity index (χ0n) is 83.8. The Kier molecular flexibility index (Phi) is 38.1. The van der Waals surface area contributed by atoms with Crippen LogP contribution in [0.15, 0.2) is 0 Å². The Morgan fingerprint density at radius 3 is 0.793 bits per heavy atom. The maximum Gasteiger partial charge on any atom is 0.404 e. The van der Waals surface area contributed by atoms with Crippen LogP contribution in [-0.4, -0.2) is 253 Å². The van der Waals surface area contributed by atoms with Crippen LogP contribution in [0.3, 0.4) is 0 Å². The van der Waals surface area contributed by atoms with E-state index in [1.54, 1.807) is 0 Å². The lowest BCUT2D eigenvalue weighted by Crippen LogP contribution is -2.63. The topological polar surface area (TPSA) is 437 Å². The normalized spacial score (nSPS) is 35.1. The molecule has 0 aromatic rings. The van der Waals surface area contributed by atoms with Crippen molar-refractivity contribution >= 4 is 71.6 Å². The summed E-state index contributed by atoms with van der Waals surface area (Å²) in [5.74, 6) is -15.2. The van der Waals surface area contributed by atoms with E-state index < -0.39 is 180 Å². The molecule has 0 aromatic heterocycles. The highest BCUT2D eigenvalue weighted by atomic mass is 19.4. The number of halogens is 12. The van der Waals surface area contributed by atoms with Crippen molar-refractivity contribution in [1.82, 2.24) is 0 Å². The number of aliphatic hydroxyl groups is 6. The fourth-order valence-corrected chi connectivity index (χ4v) is 28.6. The van der Waals surface area contributed by atoms with Crippen molar-refractivity contribution in [2.45, 2.75) is 361 Å². The molecule has 42 heteroatoms. The fourth-order valence-electron chi connectivity index (χ4n) is 28.6. The van der Waals surface area contributed by atoms with E-state index in [0.29, 0.717) is 133 Å². The summed E-state index contributed by atoms with van der Waals surface area (Å²) in [6.45, 7) is 6.97. The van der Waals surface area contributed by atoms with Gasteiger partial charge in [0.25, 0.3) is 0 Å². The lowest BCUT2D eigenvalue weighted by molar-refractivity contribution is -0.237. The summed E-state index contributed by atoms with van der Waals surface area (Å²) in [7, 11) is 0. The fraction of sp³-hybridized carbons (Fsp3) is 0.883. The van der Waals surface area contributed by atoms with Gasteiger partial charge in [-0.3, -0.25) is 9.59 Å². The second-order valence-corrected chi connectivity index (χ2v) is 48.7. The van der Waals surface area contributed by atoms with Crippen LogP contribution in [0.4, 0.5) is 52.7 Å². The molecule has 0 amide bonds. The van der Waals surface area contributed by atoms with Gasteiger partial charge in [0.2, 0.25) is 11.3 Å². The van der Waals surface area contributed by atoms with Gasteiger partial charge in [0.1, 0.15) is 5.60 Å². The minimum absolute atomic E-state index is 0. The third-order valence-electron chi connectivity index (χ3n) is 33.6. The molecule has 10 atom stereocenters. The van der Waals surface area contributed by atoms with Gasteiger partial charge in [-0.2, -0.15) is 43.9 Å². The van der Waals surface area contributed by atoms with Crippen molar-refractivity contribution in [3.8, 4) is 0 Å². The maximum atomic E-state index is 13.4. The second kappa shape index (κ2) is 45.6. The van der Waals surface area contributed by atoms with Gasteiger partial charge in [0.05, 0.1) is 49.8 Å². The summed E-state index contributed by atoms with van der Waals surface area (Å²) in [6.07, 6.45) is 20.6. The third-order valence-corrected chi connectivity index (χ3v) is 33.6. The number of carbonyl (C=O) groups excluding carboxylic acids is 12. The Hall–Kier alpha value is -7.44. The zero-order chi connectivity index (χ0) is 106. The molecule has 21 saturated carbocycles. The molecule has 21 aliphatic rings. The minimum atomic E-state index is -4.76. The number of carbonyl (C=O) groups is 12. The van der Waals surface area contributed by atoms with Gasteiger partial charge in [-0.05, 0) is 350 Å². The number of rotatable bonds is 32. The van der Waals surface area contributed by atoms with Crippen LogP contribution in [0.2, 0.25) is 0 Å². The van der Waals surface area contributed by atoms with Crippen LogP contribution in [0, 0.1) is 120 Å². The molecular formula is C103H154F12O30. The molecule has 21 fully saturated rings. The van der Waals surface area contributed by atoms with E-state index in [4.69, 9.17) is 33.5 Å². The molecule has 0 aromatic carbocycles. The van der Waals surface area contributed by atoms with Crippen molar-refractivity contribution in [3.63, 3.8) is 0 Å². The number of alkyl halides is 12. The number of hydrogen-bond donors (Lipinski definition) is 6. The average Bonchev–Trinajstić information content (AvgIpc) is 0.706. The number of aliphatic hydroxyl groups excluding tert-OH is 3. The van der Waals surface area contributed by atoms with Crippen LogP contribution in [0.25, 0.3) is 0 Å². The van der Waals surface area contributed by atoms with Crippen molar-refractivity contribution in [2.24, 2.45) is 120 Å². The lowest BCUT2D eigenvalue weighted by Gasteiger charge is -2.61. The van der Waals surface area contributed by atoms with Gasteiger partial charge < -0.3 is 87.5 Å². The first-order valence-corrected chi connectivity index (χ1v) is 50.1. The second-order valence-electron chi connectivity index (χ2n) is 48.7. The first-order chi connectivity index (χ1) is 65.8. The molecular weight excluding hydrogens is 1950 g/mol. The summed E-state index contributed by atoms with van der Waals surface area (Å²) in [6, 6.07) is 0. The Labute approximate surface area is 839 Å². The van der Waals surface area contributed by atoms with Gasteiger partial charge in [-0.15, -0.1) is 0 Å². The number of ether oxygens (including phenoxy) is 12. The standard InChI is InChI=1S/C19H27F3O5.C18H25F3O5.C18H27FO5.C17H25FO5.C16H22F2O5.C13H20F2O5.2CH4/c1-16(2,19(20,21)22)15(25)26-8-14(24)27-11-18-6-12-3-13(7-18)5-17(4-12,9-18)10-23;1-15(2,18(19,20)21)14(23)25-8-13(22)26-10-16-4-11-3-12(5-16)7-17(24,6-11)9-16;1-16(2,19)15(22)23-8-14(21)24-11-18-6-12-3-13(7-18)5-17(4-12,9-18)10-20;1-15(2,18)14(20)22-8-13(19)23-10-16-4-11-3-12(5-16)7-17(21,6-11)9-16;1-14(23-12(19)8-22-13(20)15(2,17)18)10-3-9-4-11(14)7-16(21,5-9)6-10;1-13(14,15)12(18)20-8-11(17)19-7-10-4-2-9(6-16)3-5-10;;/h12-13,23H,3-11H2,1-2H3;11-12,24H,3-10H2,1-2H3;12-13,20H,3-11H2,1-2H3;11-12,21H,3-10H2,1-2H3;9-11,21H,3-8H2,1-2H3;9-10,16H,2-8H2,1H3;2*1H4. The van der Waals surface area contributed by atoms with E-state index in [1.165, 1.54) is 12.8 Å². The highest BCUT2D eigenvalue weighted by Gasteiger charge is 2.66. The van der Waals surface area contributed by atoms with Gasteiger partial charge >= 0.3 is 95.8 Å². The summed E-state index contributed by atoms with van der Waals surface area (Å²) in [4.78, 5) is 138. The quantitative estimate of drug-likeness (QED) is 0.0207. The molecule has 0 radical (unpaired) electrons. The van der Waals surface area contributed by atoms with Crippen molar-refractivity contribution in [2.75, 3.05) is 92.5 Å². The van der Waals surface area contributed by atoms with E-state index in [9.17, 15) is 136 Å². The predicted octanol–water partition coefficient (Wildman–Crippen LogP) is 15.6. The Morgan fingerprint density at radius 1 is 0.283 bits per heavy atom. The average molecular weight is 2100 g/mol. The molecule has 0 aliphatic heterocycles. The zero-order valence-corrected chi connectivity index (χ0v) is 83.8. The molecule has 0 spiro atoms. The monoisotopic (exact) mass is 2100 g/mol. The van der Waals surface area contributed by atoms with Gasteiger partial charge in [-0.1, -0.05) is 14.9 Å². The summed E-state index contributed by atoms with van der Waals surface area (Å²) >= 11 is 0. The molecule has 145 heavy (non-hydrogen) atoms. The number of esters is 12. The first-order valence-electron chi connectivity index (χ1n) is 50.1. The van der Waals surface area contributed by atoms with Crippen molar-refractivity contribution in [3.05, 3.63) is 0 Å². The molecule has 0 saturated heterocycles. The molecule has 830 valence electrons. The third kappa shape index (κ3) is 30.8. The minimum Gasteiger partial charge on any atom is -0.463 e. The van der Waals surface area contributed by atoms with Gasteiger partial charge in [0.15, 0.2) is 50.5 Å². The van der Waals surface area contributed by atoms with Crippen molar-refractivity contribution < 1.29 is 198 Å². The predicted molar refractivity (Wildman–Crippen MR) is 488 cm³/mol. The van der Waals surface area contributed by atoms with Crippen LogP contribution >= 0.6 is 0 Å². The Balaban J connectivity index is 0.000000194. The Bertz CT molecular complexity index is 4460. The van der Waals surface area contributed by atoms with E-state index in [2.05, 4.69) is 28.4 Å². The SMILES string of the molecule is C.C.CC(C)(C(=O)OCC(=O)OCC12CC3CC(CC(CO)(C3)C1)C2)C(F)(F)F.CC(C)(C(=O)OCC(=O)OCC12CC3CC(CC(O)(C3)C1)C2)C(F)(F)F.CC(C)(F)C(=O)OCC(=O)OCC12CC3CC(CC(CO)(C3)C1)C2.CC(C)(F)C(=O)OCC(=O)OCC12CC3CC(CC(O)(C3)C1)C2.CC(F)(F)C(=O)OCC(=O)OC1(C)C2CC3CC1CC(O)(C3)C2.CC(F)(F)C(=O)OCC(=O)OCC1CCC(CO)CC1. The maximum absolute atomic E-state index is 13.4. The molecule has 21 aliphatic carbocycles. The van der Waals surface area contributed by atoms with E-state index >= 15 is 0 Å². The highest BCUT2D eigenvalue weighted by Crippen LogP contribution is 2.69. The summed E-state index contributed by atoms with van der Waals surface area (Å²) < 4.78 is 212. The van der Waals surface area contributed by atoms with Crippen LogP contribution in [-0.2, 0) is 114 Å². The molecule has 30 nitrogen and oxygen atoms in total. The smallest absolute Gasteiger partial charge is 0.404 e. The lowest BCUT2D eigenvalue weighted by atomic mass is 9.44. The molecule has 20 bridgehead atoms.